The predicted octanol–water partition coefficient (Wildman–Crippen LogP) is 8.69. The summed E-state index contributed by atoms with van der Waals surface area (Å²) in [6.07, 6.45) is -0.862. The third-order valence-corrected chi connectivity index (χ3v) is 10.7. The van der Waals surface area contributed by atoms with Gasteiger partial charge in [-0.2, -0.15) is 0 Å². The summed E-state index contributed by atoms with van der Waals surface area (Å²) in [5.41, 5.74) is 2.86. The highest BCUT2D eigenvalue weighted by Crippen LogP contribution is 2.39. The number of anilines is 2. The van der Waals surface area contributed by atoms with Crippen molar-refractivity contribution in [1.82, 2.24) is 9.80 Å². The molecule has 5 aromatic rings. The zero-order chi connectivity index (χ0) is 41.2. The third-order valence-electron chi connectivity index (χ3n) is 10.2. The van der Waals surface area contributed by atoms with E-state index in [9.17, 15) is 14.7 Å². The number of ether oxygens (including phenoxy) is 5. The second kappa shape index (κ2) is 19.4. The molecule has 0 saturated carbocycles. The Morgan fingerprint density at radius 3 is 1.64 bits per heavy atom. The lowest BCUT2D eigenvalue weighted by atomic mass is 10.1. The number of rotatable bonds is 8. The maximum absolute atomic E-state index is 12.4. The molecule has 0 aliphatic carbocycles. The van der Waals surface area contributed by atoms with Gasteiger partial charge >= 0.3 is 12.2 Å². The van der Waals surface area contributed by atoms with Gasteiger partial charge < -0.3 is 48.4 Å². The number of hydrogen-bond acceptors (Lipinski definition) is 10. The minimum atomic E-state index is -0.949. The first-order valence-corrected chi connectivity index (χ1v) is 20.2. The number of halogens is 2. The normalized spacial score (nSPS) is 19.1. The molecule has 0 radical (unpaired) electrons. The lowest BCUT2D eigenvalue weighted by Gasteiger charge is -2.35. The second-order valence-electron chi connectivity index (χ2n) is 14.3. The molecular weight excluding hydrogens is 795 g/mol. The van der Waals surface area contributed by atoms with Crippen LogP contribution in [0.25, 0.3) is 0 Å². The standard InChI is InChI=1S/C28H28Cl2N2O5.C17H18N2O3/c1-28(25-12-7-20(29)17-26(25)30)35-19-24(37-28)18-34-22-10-8-21(9-11-22)31-13-15-32(16-14-31)27(33)36-23-5-3-2-4-6-23;20-15-8-6-14(7-9-15)18-10-12-19(13-11-18)17(21)22-16-4-2-1-3-5-16/h2-12,17,24H,13-16,18-19H2,1H3;1-9,20H,10-13H2/t24?,28-;/m0./s1. The Morgan fingerprint density at radius 1 is 0.661 bits per heavy atom. The van der Waals surface area contributed by atoms with Gasteiger partial charge in [0.25, 0.3) is 0 Å². The smallest absolute Gasteiger partial charge is 0.415 e. The number of hydrogen-bond donors (Lipinski definition) is 1. The van der Waals surface area contributed by atoms with E-state index in [-0.39, 0.29) is 24.0 Å². The molecule has 59 heavy (non-hydrogen) atoms. The van der Waals surface area contributed by atoms with Crippen LogP contribution in [-0.4, -0.2) is 98.8 Å². The number of nitrogens with zero attached hydrogens (tertiary/aromatic N) is 4. The zero-order valence-electron chi connectivity index (χ0n) is 32.6. The van der Waals surface area contributed by atoms with Gasteiger partial charge in [0.05, 0.1) is 11.6 Å². The molecule has 3 saturated heterocycles. The first-order chi connectivity index (χ1) is 28.6. The van der Waals surface area contributed by atoms with Crippen molar-refractivity contribution in [3.8, 4) is 23.0 Å². The molecule has 2 amide bonds. The van der Waals surface area contributed by atoms with E-state index >= 15 is 0 Å². The Morgan fingerprint density at radius 2 is 1.15 bits per heavy atom. The number of carbonyl (C=O) groups excluding carboxylic acids is 2. The van der Waals surface area contributed by atoms with Gasteiger partial charge in [0, 0.05) is 74.3 Å². The first-order valence-electron chi connectivity index (χ1n) is 19.4. The summed E-state index contributed by atoms with van der Waals surface area (Å²) < 4.78 is 28.8. The lowest BCUT2D eigenvalue weighted by Crippen LogP contribution is -2.49. The number of phenols is 1. The van der Waals surface area contributed by atoms with Gasteiger partial charge in [-0.25, -0.2) is 9.59 Å². The van der Waals surface area contributed by atoms with Gasteiger partial charge in [0.2, 0.25) is 0 Å². The highest BCUT2D eigenvalue weighted by molar-refractivity contribution is 6.35. The van der Waals surface area contributed by atoms with Crippen molar-refractivity contribution in [1.29, 1.82) is 0 Å². The maximum Gasteiger partial charge on any atom is 0.415 e. The molecule has 14 heteroatoms. The molecule has 8 rings (SSSR count). The molecule has 0 bridgehead atoms. The Labute approximate surface area is 353 Å². The molecule has 1 unspecified atom stereocenters. The van der Waals surface area contributed by atoms with Crippen LogP contribution >= 0.6 is 23.2 Å². The number of piperazine rings is 2. The molecule has 1 N–H and O–H groups in total. The second-order valence-corrected chi connectivity index (χ2v) is 15.1. The van der Waals surface area contributed by atoms with Gasteiger partial charge in [-0.3, -0.25) is 0 Å². The molecule has 12 nitrogen and oxygen atoms in total. The summed E-state index contributed by atoms with van der Waals surface area (Å²) in [4.78, 5) is 32.4. The SMILES string of the molecule is C[C@]1(c2ccc(Cl)cc2Cl)OCC(COc2ccc(N3CCN(C(=O)Oc4ccccc4)CC3)cc2)O1.O=C(Oc1ccccc1)N1CCN(c2ccc(O)cc2)CC1. The minimum Gasteiger partial charge on any atom is -0.508 e. The van der Waals surface area contributed by atoms with E-state index in [0.29, 0.717) is 60.9 Å². The number of phenolic OH excluding ortho intramolecular Hbond substituents is 1. The van der Waals surface area contributed by atoms with Crippen LogP contribution in [0.4, 0.5) is 21.0 Å². The van der Waals surface area contributed by atoms with Crippen molar-refractivity contribution >= 4 is 46.8 Å². The van der Waals surface area contributed by atoms with Crippen LogP contribution in [-0.2, 0) is 15.3 Å². The fourth-order valence-corrected chi connectivity index (χ4v) is 7.51. The average molecular weight is 842 g/mol. The summed E-state index contributed by atoms with van der Waals surface area (Å²) in [5, 5.41) is 10.4. The maximum atomic E-state index is 12.4. The van der Waals surface area contributed by atoms with Crippen LogP contribution in [0, 0.1) is 0 Å². The molecule has 3 heterocycles. The zero-order valence-corrected chi connectivity index (χ0v) is 34.1. The van der Waals surface area contributed by atoms with Gasteiger partial charge in [-0.05, 0) is 91.9 Å². The first kappa shape index (κ1) is 41.5. The molecule has 0 aromatic heterocycles. The molecule has 3 aliphatic heterocycles. The lowest BCUT2D eigenvalue weighted by molar-refractivity contribution is -0.164. The van der Waals surface area contributed by atoms with Crippen LogP contribution in [0.1, 0.15) is 12.5 Å². The highest BCUT2D eigenvalue weighted by atomic mass is 35.5. The van der Waals surface area contributed by atoms with E-state index < -0.39 is 5.79 Å². The van der Waals surface area contributed by atoms with Gasteiger partial charge in [0.1, 0.15) is 35.7 Å². The van der Waals surface area contributed by atoms with Crippen molar-refractivity contribution in [2.24, 2.45) is 0 Å². The molecule has 2 atom stereocenters. The van der Waals surface area contributed by atoms with E-state index in [1.807, 2.05) is 85.8 Å². The van der Waals surface area contributed by atoms with Crippen LogP contribution in [0.3, 0.4) is 0 Å². The topological polar surface area (TPSA) is 113 Å². The van der Waals surface area contributed by atoms with Crippen LogP contribution in [0.2, 0.25) is 10.0 Å². The van der Waals surface area contributed by atoms with Gasteiger partial charge in [-0.15, -0.1) is 0 Å². The third kappa shape index (κ3) is 11.1. The van der Waals surface area contributed by atoms with Crippen LogP contribution in [0.15, 0.2) is 127 Å². The van der Waals surface area contributed by atoms with Crippen molar-refractivity contribution in [3.05, 3.63) is 143 Å². The molecular formula is C45H46Cl2N4O8. The Hall–Kier alpha value is -5.66. The van der Waals surface area contributed by atoms with E-state index in [1.165, 1.54) is 0 Å². The van der Waals surface area contributed by atoms with Crippen LogP contribution < -0.4 is 24.0 Å². The number of aromatic hydroxyl groups is 1. The molecule has 0 spiro atoms. The summed E-state index contributed by atoms with van der Waals surface area (Å²) >= 11 is 12.4. The summed E-state index contributed by atoms with van der Waals surface area (Å²) in [6, 6.07) is 38.5. The van der Waals surface area contributed by atoms with Crippen molar-refractivity contribution in [2.45, 2.75) is 18.8 Å². The predicted molar refractivity (Wildman–Crippen MR) is 227 cm³/mol. The average Bonchev–Trinajstić information content (AvgIpc) is 3.65. The van der Waals surface area contributed by atoms with E-state index in [4.69, 9.17) is 46.9 Å². The molecule has 3 fully saturated rings. The fourth-order valence-electron chi connectivity index (χ4n) is 6.93. The Balaban J connectivity index is 0.000000204. The number of amides is 2. The van der Waals surface area contributed by atoms with Crippen molar-refractivity contribution in [2.75, 3.05) is 75.4 Å². The summed E-state index contributed by atoms with van der Waals surface area (Å²) in [6.45, 7) is 7.96. The molecule has 308 valence electrons. The number of benzene rings is 5. The van der Waals surface area contributed by atoms with E-state index in [0.717, 1.165) is 48.9 Å². The quantitative estimate of drug-likeness (QED) is 0.163. The monoisotopic (exact) mass is 840 g/mol. The minimum absolute atomic E-state index is 0.236. The van der Waals surface area contributed by atoms with Gasteiger partial charge in [0.15, 0.2) is 5.79 Å². The van der Waals surface area contributed by atoms with E-state index in [2.05, 4.69) is 9.80 Å². The Bertz CT molecular complexity index is 2130. The molecule has 5 aromatic carbocycles. The number of carbonyl (C=O) groups is 2. The fraction of sp³-hybridized carbons (Fsp3) is 0.289. The van der Waals surface area contributed by atoms with Crippen LogP contribution in [0.5, 0.6) is 23.0 Å². The largest absolute Gasteiger partial charge is 0.508 e. The van der Waals surface area contributed by atoms with E-state index in [1.54, 1.807) is 58.3 Å². The summed E-state index contributed by atoms with van der Waals surface area (Å²) in [7, 11) is 0. The molecule has 3 aliphatic rings. The van der Waals surface area contributed by atoms with Crippen molar-refractivity contribution < 1.29 is 38.4 Å². The van der Waals surface area contributed by atoms with Crippen molar-refractivity contribution in [3.63, 3.8) is 0 Å². The van der Waals surface area contributed by atoms with Gasteiger partial charge in [-0.1, -0.05) is 65.7 Å². The Kier molecular flexibility index (Phi) is 13.6. The number of para-hydroxylation sites is 2. The summed E-state index contributed by atoms with van der Waals surface area (Å²) in [5.74, 6) is 1.17. The highest BCUT2D eigenvalue weighted by Gasteiger charge is 2.40.